The lowest BCUT2D eigenvalue weighted by Crippen LogP contribution is -2.50. The van der Waals surface area contributed by atoms with E-state index in [1.807, 2.05) is 17.0 Å². The van der Waals surface area contributed by atoms with Crippen molar-refractivity contribution in [3.8, 4) is 22.4 Å². The Labute approximate surface area is 245 Å². The van der Waals surface area contributed by atoms with Gasteiger partial charge in [0, 0.05) is 69.6 Å². The van der Waals surface area contributed by atoms with Crippen LogP contribution in [0.5, 0.6) is 0 Å². The summed E-state index contributed by atoms with van der Waals surface area (Å²) in [6, 6.07) is 19.2. The maximum atomic E-state index is 13.3. The van der Waals surface area contributed by atoms with Crippen molar-refractivity contribution in [3.05, 3.63) is 88.2 Å². The first kappa shape index (κ1) is 28.1. The number of imidazole rings is 1. The summed E-state index contributed by atoms with van der Waals surface area (Å²) in [5.41, 5.74) is 6.67. The third-order valence-corrected chi connectivity index (χ3v) is 8.77. The molecule has 3 heterocycles. The molecule has 1 saturated heterocycles. The SMILES string of the molecule is CO[C@@H]1CCC[C@@H](C(=O)N2CCN(Cc3c(-c4cccc([N+](=O)[O-])c4)nc4ccc(-c5cccc(C)c5)cn34)CC2)C1. The van der Waals surface area contributed by atoms with Gasteiger partial charge in [-0.2, -0.15) is 0 Å². The van der Waals surface area contributed by atoms with Crippen molar-refractivity contribution < 1.29 is 14.5 Å². The number of amides is 1. The Bertz CT molecular complexity index is 1610. The van der Waals surface area contributed by atoms with Crippen LogP contribution in [-0.4, -0.2) is 69.4 Å². The van der Waals surface area contributed by atoms with Gasteiger partial charge < -0.3 is 14.0 Å². The highest BCUT2D eigenvalue weighted by atomic mass is 16.6. The molecule has 2 aromatic carbocycles. The molecule has 2 fully saturated rings. The van der Waals surface area contributed by atoms with Crippen LogP contribution in [0.4, 0.5) is 5.69 Å². The molecule has 2 atom stereocenters. The molecule has 0 N–H and O–H groups in total. The van der Waals surface area contributed by atoms with Crippen LogP contribution < -0.4 is 0 Å². The molecule has 1 aliphatic heterocycles. The standard InChI is InChI=1S/C33H37N5O4/c1-23-6-3-7-24(18-23)27-12-13-31-34-32(25-8-4-10-28(19-25)38(40)41)30(37(31)21-27)22-35-14-16-36(17-15-35)33(39)26-9-5-11-29(20-26)42-2/h3-4,6-8,10,12-13,18-19,21,26,29H,5,9,11,14-17,20,22H2,1-2H3/t26-,29-/m1/s1. The zero-order valence-corrected chi connectivity index (χ0v) is 24.2. The van der Waals surface area contributed by atoms with Gasteiger partial charge in [-0.15, -0.1) is 0 Å². The lowest BCUT2D eigenvalue weighted by molar-refractivity contribution is -0.384. The first-order valence-corrected chi connectivity index (χ1v) is 14.8. The van der Waals surface area contributed by atoms with E-state index in [0.29, 0.717) is 19.6 Å². The minimum atomic E-state index is -0.369. The van der Waals surface area contributed by atoms with Crippen molar-refractivity contribution in [1.29, 1.82) is 0 Å². The lowest BCUT2D eigenvalue weighted by atomic mass is 9.86. The number of piperazine rings is 1. The molecule has 2 aliphatic rings. The number of non-ortho nitro benzene ring substituents is 1. The molecule has 0 spiro atoms. The van der Waals surface area contributed by atoms with Gasteiger partial charge in [0.2, 0.25) is 5.91 Å². The number of methoxy groups -OCH3 is 1. The fraction of sp³-hybridized carbons (Fsp3) is 0.394. The van der Waals surface area contributed by atoms with Gasteiger partial charge in [0.25, 0.3) is 5.69 Å². The number of ether oxygens (including phenoxy) is 1. The highest BCUT2D eigenvalue weighted by Gasteiger charge is 2.32. The monoisotopic (exact) mass is 567 g/mol. The summed E-state index contributed by atoms with van der Waals surface area (Å²) < 4.78 is 7.68. The summed E-state index contributed by atoms with van der Waals surface area (Å²) in [5, 5.41) is 11.6. The first-order chi connectivity index (χ1) is 20.4. The lowest BCUT2D eigenvalue weighted by Gasteiger charge is -2.38. The van der Waals surface area contributed by atoms with Crippen molar-refractivity contribution in [2.75, 3.05) is 33.3 Å². The van der Waals surface area contributed by atoms with Gasteiger partial charge in [-0.05, 0) is 49.4 Å². The minimum absolute atomic E-state index is 0.0431. The topological polar surface area (TPSA) is 93.2 Å². The van der Waals surface area contributed by atoms with E-state index in [2.05, 4.69) is 52.8 Å². The number of aromatic nitrogens is 2. The highest BCUT2D eigenvalue weighted by Crippen LogP contribution is 2.32. The van der Waals surface area contributed by atoms with Crippen LogP contribution in [0.2, 0.25) is 0 Å². The molecular formula is C33H37N5O4. The van der Waals surface area contributed by atoms with Crippen molar-refractivity contribution in [2.24, 2.45) is 5.92 Å². The molecule has 1 saturated carbocycles. The second-order valence-corrected chi connectivity index (χ2v) is 11.6. The number of hydrogen-bond acceptors (Lipinski definition) is 6. The van der Waals surface area contributed by atoms with Gasteiger partial charge in [-0.1, -0.05) is 48.4 Å². The van der Waals surface area contributed by atoms with E-state index < -0.39 is 0 Å². The van der Waals surface area contributed by atoms with Gasteiger partial charge in [0.05, 0.1) is 22.4 Å². The molecule has 42 heavy (non-hydrogen) atoms. The minimum Gasteiger partial charge on any atom is -0.381 e. The summed E-state index contributed by atoms with van der Waals surface area (Å²) in [6.45, 7) is 5.58. The number of nitro benzene ring substituents is 1. The summed E-state index contributed by atoms with van der Waals surface area (Å²) in [5.74, 6) is 0.306. The Morgan fingerprint density at radius 1 is 1.00 bits per heavy atom. The number of aryl methyl sites for hydroxylation is 1. The van der Waals surface area contributed by atoms with Gasteiger partial charge in [0.1, 0.15) is 5.65 Å². The Kier molecular flexibility index (Phi) is 8.04. The van der Waals surface area contributed by atoms with Crippen LogP contribution in [0.1, 0.15) is 36.9 Å². The van der Waals surface area contributed by atoms with Crippen LogP contribution in [-0.2, 0) is 16.1 Å². The molecule has 0 bridgehead atoms. The molecule has 2 aromatic heterocycles. The zero-order valence-electron chi connectivity index (χ0n) is 24.2. The van der Waals surface area contributed by atoms with Gasteiger partial charge in [0.15, 0.2) is 0 Å². The van der Waals surface area contributed by atoms with Crippen LogP contribution in [0, 0.1) is 23.0 Å². The fourth-order valence-corrected chi connectivity index (χ4v) is 6.42. The Morgan fingerprint density at radius 2 is 1.79 bits per heavy atom. The quantitative estimate of drug-likeness (QED) is 0.209. The Morgan fingerprint density at radius 3 is 2.55 bits per heavy atom. The summed E-state index contributed by atoms with van der Waals surface area (Å²) >= 11 is 0. The van der Waals surface area contributed by atoms with Crippen molar-refractivity contribution in [3.63, 3.8) is 0 Å². The number of fused-ring (bicyclic) bond motifs is 1. The van der Waals surface area contributed by atoms with Crippen LogP contribution in [0.25, 0.3) is 28.0 Å². The second kappa shape index (κ2) is 12.0. The number of rotatable bonds is 7. The number of nitro groups is 1. The summed E-state index contributed by atoms with van der Waals surface area (Å²) in [6.07, 6.45) is 6.12. The molecule has 1 amide bonds. The second-order valence-electron chi connectivity index (χ2n) is 11.6. The van der Waals surface area contributed by atoms with E-state index in [1.54, 1.807) is 19.2 Å². The number of benzene rings is 2. The van der Waals surface area contributed by atoms with E-state index in [-0.39, 0.29) is 28.5 Å². The average molecular weight is 568 g/mol. The Balaban J connectivity index is 1.28. The maximum Gasteiger partial charge on any atom is 0.270 e. The van der Waals surface area contributed by atoms with Gasteiger partial charge >= 0.3 is 0 Å². The molecular weight excluding hydrogens is 530 g/mol. The number of nitrogens with zero attached hydrogens (tertiary/aromatic N) is 5. The average Bonchev–Trinajstić information content (AvgIpc) is 3.38. The van der Waals surface area contributed by atoms with Crippen LogP contribution in [0.3, 0.4) is 0 Å². The number of carbonyl (C=O) groups is 1. The van der Waals surface area contributed by atoms with Crippen LogP contribution in [0.15, 0.2) is 66.9 Å². The molecule has 0 unspecified atom stereocenters. The maximum absolute atomic E-state index is 13.3. The van der Waals surface area contributed by atoms with E-state index in [0.717, 1.165) is 72.5 Å². The molecule has 4 aromatic rings. The van der Waals surface area contributed by atoms with E-state index in [1.165, 1.54) is 11.6 Å². The zero-order chi connectivity index (χ0) is 29.2. The fourth-order valence-electron chi connectivity index (χ4n) is 6.42. The molecule has 9 nitrogen and oxygen atoms in total. The van der Waals surface area contributed by atoms with E-state index >= 15 is 0 Å². The van der Waals surface area contributed by atoms with E-state index in [4.69, 9.17) is 9.72 Å². The van der Waals surface area contributed by atoms with E-state index in [9.17, 15) is 14.9 Å². The third-order valence-electron chi connectivity index (χ3n) is 8.77. The molecule has 1 aliphatic carbocycles. The predicted octanol–water partition coefficient (Wildman–Crippen LogP) is 5.73. The van der Waals surface area contributed by atoms with Crippen molar-refractivity contribution >= 4 is 17.2 Å². The number of hydrogen-bond donors (Lipinski definition) is 0. The van der Waals surface area contributed by atoms with Crippen molar-refractivity contribution in [2.45, 2.75) is 45.3 Å². The smallest absolute Gasteiger partial charge is 0.270 e. The molecule has 9 heteroatoms. The Hall–Kier alpha value is -4.08. The molecule has 0 radical (unpaired) electrons. The molecule has 6 rings (SSSR count). The van der Waals surface area contributed by atoms with Gasteiger partial charge in [-0.3, -0.25) is 19.8 Å². The van der Waals surface area contributed by atoms with Crippen LogP contribution >= 0.6 is 0 Å². The molecule has 218 valence electrons. The van der Waals surface area contributed by atoms with Crippen molar-refractivity contribution in [1.82, 2.24) is 19.2 Å². The third kappa shape index (κ3) is 5.80. The number of carbonyl (C=O) groups excluding carboxylic acids is 1. The first-order valence-electron chi connectivity index (χ1n) is 14.8. The van der Waals surface area contributed by atoms with Gasteiger partial charge in [-0.25, -0.2) is 4.98 Å². The predicted molar refractivity (Wildman–Crippen MR) is 162 cm³/mol. The summed E-state index contributed by atoms with van der Waals surface area (Å²) in [4.78, 5) is 33.8. The normalized spacial score (nSPS) is 19.7. The number of pyridine rings is 1. The summed E-state index contributed by atoms with van der Waals surface area (Å²) in [7, 11) is 1.74. The largest absolute Gasteiger partial charge is 0.381 e. The highest BCUT2D eigenvalue weighted by molar-refractivity contribution is 5.79.